The highest BCUT2D eigenvalue weighted by molar-refractivity contribution is 6.33. The summed E-state index contributed by atoms with van der Waals surface area (Å²) >= 11 is 6.15. The van der Waals surface area contributed by atoms with Crippen molar-refractivity contribution in [1.82, 2.24) is 9.88 Å². The first-order chi connectivity index (χ1) is 8.89. The number of hydrogen-bond acceptors (Lipinski definition) is 2. The zero-order valence-electron chi connectivity index (χ0n) is 11.9. The van der Waals surface area contributed by atoms with Crippen LogP contribution in [0.2, 0.25) is 5.02 Å². The Morgan fingerprint density at radius 1 is 1.37 bits per heavy atom. The van der Waals surface area contributed by atoms with Crippen LogP contribution in [-0.2, 0) is 0 Å². The Hall–Kier alpha value is -1.09. The molecule has 0 radical (unpaired) electrons. The molecule has 1 saturated heterocycles. The Bertz CT molecular complexity index is 485. The highest BCUT2D eigenvalue weighted by atomic mass is 35.5. The molecule has 1 aromatic rings. The van der Waals surface area contributed by atoms with Gasteiger partial charge in [0.25, 0.3) is 5.91 Å². The van der Waals surface area contributed by atoms with Gasteiger partial charge in [-0.25, -0.2) is 0 Å². The van der Waals surface area contributed by atoms with E-state index < -0.39 is 0 Å². The summed E-state index contributed by atoms with van der Waals surface area (Å²) < 4.78 is 0. The fourth-order valence-electron chi connectivity index (χ4n) is 2.48. The molecule has 2 heterocycles. The van der Waals surface area contributed by atoms with E-state index in [9.17, 15) is 4.79 Å². The number of halogens is 1. The van der Waals surface area contributed by atoms with Gasteiger partial charge in [0.2, 0.25) is 0 Å². The van der Waals surface area contributed by atoms with Crippen molar-refractivity contribution >= 4 is 17.5 Å². The van der Waals surface area contributed by atoms with E-state index in [1.807, 2.05) is 11.8 Å². The van der Waals surface area contributed by atoms with E-state index in [2.05, 4.69) is 18.8 Å². The van der Waals surface area contributed by atoms with Gasteiger partial charge in [-0.15, -0.1) is 0 Å². The maximum atomic E-state index is 12.5. The van der Waals surface area contributed by atoms with Gasteiger partial charge in [-0.2, -0.15) is 0 Å². The lowest BCUT2D eigenvalue weighted by molar-refractivity contribution is 0.0757. The third-order valence-electron chi connectivity index (χ3n) is 3.85. The average Bonchev–Trinajstić information content (AvgIpc) is 2.49. The predicted octanol–water partition coefficient (Wildman–Crippen LogP) is 3.70. The summed E-state index contributed by atoms with van der Waals surface area (Å²) in [5, 5.41) is 0.501. The number of aryl methyl sites for hydroxylation is 1. The predicted molar refractivity (Wildman–Crippen MR) is 77.5 cm³/mol. The monoisotopic (exact) mass is 280 g/mol. The number of likely N-dealkylation sites (tertiary alicyclic amines) is 1. The summed E-state index contributed by atoms with van der Waals surface area (Å²) in [6.07, 6.45) is 4.85. The highest BCUT2D eigenvalue weighted by Crippen LogP contribution is 2.30. The Kier molecular flexibility index (Phi) is 4.14. The summed E-state index contributed by atoms with van der Waals surface area (Å²) in [7, 11) is 0. The largest absolute Gasteiger partial charge is 0.339 e. The molecule has 0 N–H and O–H groups in total. The van der Waals surface area contributed by atoms with Crippen molar-refractivity contribution in [3.63, 3.8) is 0 Å². The molecule has 4 heteroatoms. The minimum absolute atomic E-state index is 0.00944. The van der Waals surface area contributed by atoms with Gasteiger partial charge < -0.3 is 4.90 Å². The highest BCUT2D eigenvalue weighted by Gasteiger charge is 2.26. The number of rotatable bonds is 1. The minimum atomic E-state index is 0.00944. The van der Waals surface area contributed by atoms with Crippen molar-refractivity contribution in [2.75, 3.05) is 13.1 Å². The number of hydrogen-bond donors (Lipinski definition) is 0. The fourth-order valence-corrected chi connectivity index (χ4v) is 2.77. The zero-order valence-corrected chi connectivity index (χ0v) is 12.6. The molecule has 2 rings (SSSR count). The first-order valence-corrected chi connectivity index (χ1v) is 7.18. The van der Waals surface area contributed by atoms with Gasteiger partial charge in [0.1, 0.15) is 0 Å². The van der Waals surface area contributed by atoms with Crippen LogP contribution in [0.1, 0.15) is 49.2 Å². The van der Waals surface area contributed by atoms with Crippen molar-refractivity contribution in [2.24, 2.45) is 5.41 Å². The van der Waals surface area contributed by atoms with E-state index >= 15 is 0 Å². The van der Waals surface area contributed by atoms with E-state index in [1.54, 1.807) is 12.3 Å². The molecule has 0 spiro atoms. The lowest BCUT2D eigenvalue weighted by Crippen LogP contribution is -2.32. The lowest BCUT2D eigenvalue weighted by atomic mass is 9.85. The molecule has 0 saturated carbocycles. The van der Waals surface area contributed by atoms with E-state index in [0.29, 0.717) is 16.0 Å². The quantitative estimate of drug-likeness (QED) is 0.786. The topological polar surface area (TPSA) is 33.2 Å². The second-order valence-corrected chi connectivity index (χ2v) is 6.52. The van der Waals surface area contributed by atoms with Gasteiger partial charge >= 0.3 is 0 Å². The number of amides is 1. The maximum Gasteiger partial charge on any atom is 0.256 e. The summed E-state index contributed by atoms with van der Waals surface area (Å²) in [6.45, 7) is 8.01. The first kappa shape index (κ1) is 14.3. The smallest absolute Gasteiger partial charge is 0.256 e. The Morgan fingerprint density at radius 3 is 2.79 bits per heavy atom. The SMILES string of the molecule is Cc1cc(Cl)c(C(=O)N2CCCC(C)(C)CC2)cn1. The number of aromatic nitrogens is 1. The van der Waals surface area contributed by atoms with Crippen LogP contribution in [0.4, 0.5) is 0 Å². The first-order valence-electron chi connectivity index (χ1n) is 6.80. The van der Waals surface area contributed by atoms with Crippen molar-refractivity contribution in [2.45, 2.75) is 40.0 Å². The van der Waals surface area contributed by atoms with Crippen molar-refractivity contribution in [1.29, 1.82) is 0 Å². The van der Waals surface area contributed by atoms with Gasteiger partial charge in [0.15, 0.2) is 0 Å². The van der Waals surface area contributed by atoms with E-state index in [-0.39, 0.29) is 5.91 Å². The second-order valence-electron chi connectivity index (χ2n) is 6.12. The van der Waals surface area contributed by atoms with E-state index in [1.165, 1.54) is 0 Å². The van der Waals surface area contributed by atoms with Crippen LogP contribution in [0.25, 0.3) is 0 Å². The second kappa shape index (κ2) is 5.49. The molecule has 0 unspecified atom stereocenters. The Labute approximate surface area is 120 Å². The van der Waals surface area contributed by atoms with Crippen LogP contribution in [0.3, 0.4) is 0 Å². The molecule has 1 aliphatic rings. The Balaban J connectivity index is 2.15. The van der Waals surface area contributed by atoms with Crippen LogP contribution in [0.15, 0.2) is 12.3 Å². The van der Waals surface area contributed by atoms with Crippen LogP contribution in [-0.4, -0.2) is 28.9 Å². The molecule has 1 aromatic heterocycles. The fraction of sp³-hybridized carbons (Fsp3) is 0.600. The van der Waals surface area contributed by atoms with Gasteiger partial charge in [0.05, 0.1) is 10.6 Å². The van der Waals surface area contributed by atoms with Crippen molar-refractivity contribution in [3.8, 4) is 0 Å². The molecule has 104 valence electrons. The van der Waals surface area contributed by atoms with Gasteiger partial charge in [-0.3, -0.25) is 9.78 Å². The number of carbonyl (C=O) groups is 1. The third kappa shape index (κ3) is 3.47. The number of nitrogens with zero attached hydrogens (tertiary/aromatic N) is 2. The van der Waals surface area contributed by atoms with Crippen LogP contribution < -0.4 is 0 Å². The number of pyridine rings is 1. The summed E-state index contributed by atoms with van der Waals surface area (Å²) in [4.78, 5) is 18.6. The normalized spacial score (nSPS) is 19.1. The summed E-state index contributed by atoms with van der Waals surface area (Å²) in [5.41, 5.74) is 1.68. The molecule has 0 bridgehead atoms. The average molecular weight is 281 g/mol. The van der Waals surface area contributed by atoms with Gasteiger partial charge in [0, 0.05) is 25.0 Å². The van der Waals surface area contributed by atoms with Gasteiger partial charge in [-0.05, 0) is 37.7 Å². The van der Waals surface area contributed by atoms with Crippen molar-refractivity contribution in [3.05, 3.63) is 28.5 Å². The molecule has 3 nitrogen and oxygen atoms in total. The van der Waals surface area contributed by atoms with Crippen LogP contribution in [0, 0.1) is 12.3 Å². The molecule has 0 aromatic carbocycles. The lowest BCUT2D eigenvalue weighted by Gasteiger charge is -2.23. The molecule has 0 atom stereocenters. The molecule has 1 fully saturated rings. The van der Waals surface area contributed by atoms with E-state index in [4.69, 9.17) is 11.6 Å². The zero-order chi connectivity index (χ0) is 14.0. The maximum absolute atomic E-state index is 12.5. The standard InChI is InChI=1S/C15H21ClN2O/c1-11-9-13(16)12(10-17-11)14(19)18-7-4-5-15(2,3)6-8-18/h9-10H,4-8H2,1-3H3. The van der Waals surface area contributed by atoms with Crippen LogP contribution in [0.5, 0.6) is 0 Å². The van der Waals surface area contributed by atoms with Crippen molar-refractivity contribution < 1.29 is 4.79 Å². The minimum Gasteiger partial charge on any atom is -0.339 e. The molecule has 1 aliphatic heterocycles. The molecular formula is C15H21ClN2O. The summed E-state index contributed by atoms with van der Waals surface area (Å²) in [6, 6.07) is 1.75. The van der Waals surface area contributed by atoms with E-state index in [0.717, 1.165) is 38.0 Å². The van der Waals surface area contributed by atoms with Crippen LogP contribution >= 0.6 is 11.6 Å². The molecular weight excluding hydrogens is 260 g/mol. The third-order valence-corrected chi connectivity index (χ3v) is 4.16. The Morgan fingerprint density at radius 2 is 2.11 bits per heavy atom. The molecule has 1 amide bonds. The summed E-state index contributed by atoms with van der Waals surface area (Å²) in [5.74, 6) is 0.00944. The number of carbonyl (C=O) groups excluding carboxylic acids is 1. The molecule has 19 heavy (non-hydrogen) atoms. The molecule has 0 aliphatic carbocycles. The van der Waals surface area contributed by atoms with Gasteiger partial charge in [-0.1, -0.05) is 25.4 Å².